The monoisotopic (exact) mass is 257 g/mol. The Kier molecular flexibility index (Phi) is 3.02. The van der Waals surface area contributed by atoms with Crippen LogP contribution in [0.4, 0.5) is 13.2 Å². The number of aromatic nitrogens is 1. The van der Waals surface area contributed by atoms with E-state index in [1.54, 1.807) is 18.2 Å². The van der Waals surface area contributed by atoms with Crippen LogP contribution in [0.25, 0.3) is 10.9 Å². The highest BCUT2D eigenvalue weighted by atomic mass is 19.4. The summed E-state index contributed by atoms with van der Waals surface area (Å²) in [6, 6.07) is 6.49. The minimum Gasteiger partial charge on any atom is -0.468 e. The third kappa shape index (κ3) is 2.05. The molecule has 1 atom stereocenters. The number of hydrogen-bond donors (Lipinski definition) is 1. The van der Waals surface area contributed by atoms with Crippen LogP contribution in [0.15, 0.2) is 30.5 Å². The average molecular weight is 257 g/mol. The molecule has 0 unspecified atom stereocenters. The quantitative estimate of drug-likeness (QED) is 0.840. The Morgan fingerprint density at radius 3 is 2.61 bits per heavy atom. The molecule has 0 aliphatic rings. The van der Waals surface area contributed by atoms with E-state index in [9.17, 15) is 18.0 Å². The molecular weight excluding hydrogens is 247 g/mol. The highest BCUT2D eigenvalue weighted by Gasteiger charge is 2.47. The maximum atomic E-state index is 12.9. The smallest absolute Gasteiger partial charge is 0.406 e. The molecule has 96 valence electrons. The van der Waals surface area contributed by atoms with Crippen molar-refractivity contribution < 1.29 is 22.7 Å². The van der Waals surface area contributed by atoms with Gasteiger partial charge in [-0.25, -0.2) is 0 Å². The predicted molar refractivity (Wildman–Crippen MR) is 59.1 cm³/mol. The molecule has 6 heteroatoms. The molecule has 0 bridgehead atoms. The van der Waals surface area contributed by atoms with Crippen LogP contribution < -0.4 is 0 Å². The lowest BCUT2D eigenvalue weighted by atomic mass is 9.98. The van der Waals surface area contributed by atoms with Crippen molar-refractivity contribution in [3.8, 4) is 0 Å². The Bertz CT molecular complexity index is 574. The number of benzene rings is 1. The summed E-state index contributed by atoms with van der Waals surface area (Å²) in [5.41, 5.74) is 0.426. The van der Waals surface area contributed by atoms with E-state index in [1.807, 2.05) is 0 Å². The first-order chi connectivity index (χ1) is 8.45. The predicted octanol–water partition coefficient (Wildman–Crippen LogP) is 2.99. The molecule has 2 rings (SSSR count). The van der Waals surface area contributed by atoms with Crippen molar-refractivity contribution in [2.24, 2.45) is 0 Å². The van der Waals surface area contributed by atoms with Crippen molar-refractivity contribution in [2.75, 3.05) is 7.11 Å². The first-order valence-electron chi connectivity index (χ1n) is 5.15. The summed E-state index contributed by atoms with van der Waals surface area (Å²) < 4.78 is 43.0. The van der Waals surface area contributed by atoms with Gasteiger partial charge in [-0.2, -0.15) is 13.2 Å². The number of H-pyrrole nitrogens is 1. The Morgan fingerprint density at radius 1 is 1.33 bits per heavy atom. The summed E-state index contributed by atoms with van der Waals surface area (Å²) in [6.07, 6.45) is -3.49. The molecule has 0 aliphatic carbocycles. The number of nitrogens with one attached hydrogen (secondary N) is 1. The second-order valence-electron chi connectivity index (χ2n) is 3.79. The SMILES string of the molecule is COC(=O)[C@@H](c1c[nH]c2ccccc12)C(F)(F)F. The van der Waals surface area contributed by atoms with Gasteiger partial charge in [0, 0.05) is 22.7 Å². The molecule has 1 N–H and O–H groups in total. The van der Waals surface area contributed by atoms with E-state index in [2.05, 4.69) is 9.72 Å². The zero-order chi connectivity index (χ0) is 13.3. The van der Waals surface area contributed by atoms with Crippen LogP contribution in [-0.4, -0.2) is 24.2 Å². The van der Waals surface area contributed by atoms with Gasteiger partial charge in [0.25, 0.3) is 0 Å². The van der Waals surface area contributed by atoms with Crippen LogP contribution in [0.2, 0.25) is 0 Å². The Hall–Kier alpha value is -1.98. The highest BCUT2D eigenvalue weighted by molar-refractivity contribution is 5.90. The van der Waals surface area contributed by atoms with Gasteiger partial charge in [-0.3, -0.25) is 4.79 Å². The van der Waals surface area contributed by atoms with Crippen LogP contribution in [0.1, 0.15) is 11.5 Å². The van der Waals surface area contributed by atoms with Crippen molar-refractivity contribution in [1.29, 1.82) is 0 Å². The number of rotatable bonds is 2. The molecule has 0 amide bonds. The number of ether oxygens (including phenoxy) is 1. The Balaban J connectivity index is 2.58. The molecule has 1 aromatic heterocycles. The van der Waals surface area contributed by atoms with Crippen molar-refractivity contribution in [3.63, 3.8) is 0 Å². The number of alkyl halides is 3. The number of carbonyl (C=O) groups is 1. The molecule has 0 radical (unpaired) electrons. The van der Waals surface area contributed by atoms with Gasteiger partial charge >= 0.3 is 12.1 Å². The van der Waals surface area contributed by atoms with Crippen molar-refractivity contribution in [2.45, 2.75) is 12.1 Å². The van der Waals surface area contributed by atoms with Gasteiger partial charge in [-0.1, -0.05) is 18.2 Å². The standard InChI is InChI=1S/C12H10F3NO2/c1-18-11(17)10(12(13,14)15)8-6-16-9-5-3-2-4-7(8)9/h2-6,10,16H,1H3/t10-/m1/s1. The second-order valence-corrected chi connectivity index (χ2v) is 3.79. The molecule has 18 heavy (non-hydrogen) atoms. The van der Waals surface area contributed by atoms with E-state index in [4.69, 9.17) is 0 Å². The summed E-state index contributed by atoms with van der Waals surface area (Å²) in [6.45, 7) is 0. The van der Waals surface area contributed by atoms with Crippen molar-refractivity contribution in [3.05, 3.63) is 36.0 Å². The van der Waals surface area contributed by atoms with Gasteiger partial charge < -0.3 is 9.72 Å². The van der Waals surface area contributed by atoms with Gasteiger partial charge in [-0.15, -0.1) is 0 Å². The number of aromatic amines is 1. The lowest BCUT2D eigenvalue weighted by molar-refractivity contribution is -0.179. The van der Waals surface area contributed by atoms with Gasteiger partial charge in [0.1, 0.15) is 0 Å². The summed E-state index contributed by atoms with van der Waals surface area (Å²) in [5.74, 6) is -3.58. The van der Waals surface area contributed by atoms with E-state index in [0.29, 0.717) is 10.9 Å². The topological polar surface area (TPSA) is 42.1 Å². The third-order valence-electron chi connectivity index (χ3n) is 2.70. The first kappa shape index (κ1) is 12.5. The molecule has 1 aromatic carbocycles. The maximum absolute atomic E-state index is 12.9. The minimum atomic E-state index is -4.68. The fourth-order valence-electron chi connectivity index (χ4n) is 1.89. The number of carbonyl (C=O) groups excluding carboxylic acids is 1. The van der Waals surface area contributed by atoms with E-state index >= 15 is 0 Å². The molecule has 0 aliphatic heterocycles. The molecule has 2 aromatic rings. The number of methoxy groups -OCH3 is 1. The van der Waals surface area contributed by atoms with Crippen LogP contribution in [0, 0.1) is 0 Å². The number of halogens is 3. The molecule has 3 nitrogen and oxygen atoms in total. The highest BCUT2D eigenvalue weighted by Crippen LogP contribution is 2.38. The van der Waals surface area contributed by atoms with Gasteiger partial charge in [0.2, 0.25) is 0 Å². The van der Waals surface area contributed by atoms with Crippen molar-refractivity contribution in [1.82, 2.24) is 4.98 Å². The number of hydrogen-bond acceptors (Lipinski definition) is 2. The number of esters is 1. The van der Waals surface area contributed by atoms with Gasteiger partial charge in [-0.05, 0) is 6.07 Å². The lowest BCUT2D eigenvalue weighted by Crippen LogP contribution is -2.29. The normalized spacial score (nSPS) is 13.6. The van der Waals surface area contributed by atoms with E-state index in [0.717, 1.165) is 7.11 Å². The molecule has 1 heterocycles. The molecule has 0 spiro atoms. The zero-order valence-corrected chi connectivity index (χ0v) is 9.41. The van der Waals surface area contributed by atoms with E-state index in [1.165, 1.54) is 12.3 Å². The second kappa shape index (κ2) is 4.36. The lowest BCUT2D eigenvalue weighted by Gasteiger charge is -2.17. The van der Waals surface area contributed by atoms with Crippen LogP contribution in [0.5, 0.6) is 0 Å². The van der Waals surface area contributed by atoms with Crippen LogP contribution in [0.3, 0.4) is 0 Å². The fraction of sp³-hybridized carbons (Fsp3) is 0.250. The molecule has 0 fully saturated rings. The maximum Gasteiger partial charge on any atom is 0.406 e. The molecular formula is C12H10F3NO2. The van der Waals surface area contributed by atoms with Crippen molar-refractivity contribution >= 4 is 16.9 Å². The van der Waals surface area contributed by atoms with Gasteiger partial charge in [0.05, 0.1) is 7.11 Å². The minimum absolute atomic E-state index is 0.120. The van der Waals surface area contributed by atoms with Crippen LogP contribution in [-0.2, 0) is 9.53 Å². The summed E-state index contributed by atoms with van der Waals surface area (Å²) in [5, 5.41) is 0.366. The molecule has 0 saturated carbocycles. The Labute approximate surface area is 101 Å². The number of fused-ring (bicyclic) bond motifs is 1. The third-order valence-corrected chi connectivity index (χ3v) is 2.70. The first-order valence-corrected chi connectivity index (χ1v) is 5.15. The number of para-hydroxylation sites is 1. The zero-order valence-electron chi connectivity index (χ0n) is 9.41. The van der Waals surface area contributed by atoms with Gasteiger partial charge in [0.15, 0.2) is 5.92 Å². The summed E-state index contributed by atoms with van der Waals surface area (Å²) in [7, 11) is 0.940. The van der Waals surface area contributed by atoms with E-state index < -0.39 is 18.1 Å². The Morgan fingerprint density at radius 2 is 2.00 bits per heavy atom. The summed E-state index contributed by atoms with van der Waals surface area (Å²) >= 11 is 0. The molecule has 0 saturated heterocycles. The summed E-state index contributed by atoms with van der Waals surface area (Å²) in [4.78, 5) is 14.1. The largest absolute Gasteiger partial charge is 0.468 e. The van der Waals surface area contributed by atoms with E-state index in [-0.39, 0.29) is 5.56 Å². The fourth-order valence-corrected chi connectivity index (χ4v) is 1.89. The van der Waals surface area contributed by atoms with Crippen LogP contribution >= 0.6 is 0 Å². The average Bonchev–Trinajstić information content (AvgIpc) is 2.71.